The number of rotatable bonds is 3. The van der Waals surface area contributed by atoms with Gasteiger partial charge in [0, 0.05) is 21.2 Å². The van der Waals surface area contributed by atoms with Crippen molar-refractivity contribution in [2.24, 2.45) is 0 Å². The van der Waals surface area contributed by atoms with Gasteiger partial charge in [0.2, 0.25) is 0 Å². The fourth-order valence-electron chi connectivity index (χ4n) is 1.89. The van der Waals surface area contributed by atoms with Crippen molar-refractivity contribution in [3.05, 3.63) is 73.7 Å². The van der Waals surface area contributed by atoms with Crippen LogP contribution in [0.3, 0.4) is 0 Å². The summed E-state index contributed by atoms with van der Waals surface area (Å²) in [6, 6.07) is 12.6. The Kier molecular flexibility index (Phi) is 4.07. The zero-order valence-electron chi connectivity index (χ0n) is 10.8. The van der Waals surface area contributed by atoms with Crippen LogP contribution in [0.15, 0.2) is 62.4 Å². The molecule has 21 heavy (non-hydrogen) atoms. The van der Waals surface area contributed by atoms with E-state index in [2.05, 4.69) is 36.8 Å². The van der Waals surface area contributed by atoms with E-state index in [1.165, 1.54) is 10.5 Å². The maximum Gasteiger partial charge on any atom is 0.258 e. The Hall–Kier alpha value is -1.66. The number of pyridine rings is 1. The molecule has 0 fully saturated rings. The van der Waals surface area contributed by atoms with Crippen LogP contribution in [0.2, 0.25) is 0 Å². The summed E-state index contributed by atoms with van der Waals surface area (Å²) in [7, 11) is 0. The van der Waals surface area contributed by atoms with Gasteiger partial charge in [-0.1, -0.05) is 15.9 Å². The first-order valence-electron chi connectivity index (χ1n) is 6.18. The van der Waals surface area contributed by atoms with Crippen LogP contribution in [-0.4, -0.2) is 9.38 Å². The van der Waals surface area contributed by atoms with Gasteiger partial charge < -0.3 is 4.74 Å². The number of aromatic nitrogens is 2. The van der Waals surface area contributed by atoms with Gasteiger partial charge in [-0.2, -0.15) is 0 Å². The van der Waals surface area contributed by atoms with E-state index in [-0.39, 0.29) is 12.2 Å². The number of hydrogen-bond donors (Lipinski definition) is 0. The van der Waals surface area contributed by atoms with Crippen LogP contribution in [-0.2, 0) is 6.61 Å². The average Bonchev–Trinajstić information content (AvgIpc) is 2.47. The molecule has 0 atom stereocenters. The Labute approximate surface area is 137 Å². The molecular weight excluding hydrogens is 400 g/mol. The maximum absolute atomic E-state index is 12.0. The van der Waals surface area contributed by atoms with Crippen LogP contribution in [0, 0.1) is 0 Å². The third-order valence-electron chi connectivity index (χ3n) is 2.88. The molecule has 1 aromatic carbocycles. The minimum Gasteiger partial charge on any atom is -0.487 e. The highest BCUT2D eigenvalue weighted by molar-refractivity contribution is 9.10. The number of nitrogens with zero attached hydrogens (tertiary/aromatic N) is 2. The summed E-state index contributed by atoms with van der Waals surface area (Å²) in [6.07, 6.45) is 1.70. The molecule has 0 aliphatic heterocycles. The van der Waals surface area contributed by atoms with Crippen molar-refractivity contribution in [2.75, 3.05) is 0 Å². The number of ether oxygens (including phenoxy) is 1. The third-order valence-corrected chi connectivity index (χ3v) is 3.87. The lowest BCUT2D eigenvalue weighted by molar-refractivity contribution is 0.301. The highest BCUT2D eigenvalue weighted by Crippen LogP contribution is 2.17. The molecule has 0 saturated carbocycles. The van der Waals surface area contributed by atoms with E-state index >= 15 is 0 Å². The van der Waals surface area contributed by atoms with Gasteiger partial charge >= 0.3 is 0 Å². The minimum absolute atomic E-state index is 0.129. The fourth-order valence-corrected chi connectivity index (χ4v) is 2.49. The minimum atomic E-state index is -0.129. The van der Waals surface area contributed by atoms with Gasteiger partial charge in [-0.3, -0.25) is 9.20 Å². The normalized spacial score (nSPS) is 10.8. The van der Waals surface area contributed by atoms with Crippen molar-refractivity contribution in [1.82, 2.24) is 9.38 Å². The van der Waals surface area contributed by atoms with E-state index in [0.717, 1.165) is 14.7 Å². The van der Waals surface area contributed by atoms with Crippen LogP contribution in [0.5, 0.6) is 5.75 Å². The van der Waals surface area contributed by atoms with E-state index in [1.54, 1.807) is 12.3 Å². The summed E-state index contributed by atoms with van der Waals surface area (Å²) in [6.45, 7) is 0.253. The summed E-state index contributed by atoms with van der Waals surface area (Å²) in [5.74, 6) is 0.732. The zero-order valence-corrected chi connectivity index (χ0v) is 14.0. The van der Waals surface area contributed by atoms with Gasteiger partial charge in [-0.25, -0.2) is 4.98 Å². The molecule has 0 aliphatic carbocycles. The fraction of sp³-hybridized carbons (Fsp3) is 0.0667. The van der Waals surface area contributed by atoms with Gasteiger partial charge in [0.25, 0.3) is 5.56 Å². The van der Waals surface area contributed by atoms with Crippen LogP contribution in [0.4, 0.5) is 0 Å². The molecule has 6 heteroatoms. The smallest absolute Gasteiger partial charge is 0.258 e. The van der Waals surface area contributed by atoms with Crippen molar-refractivity contribution < 1.29 is 4.74 Å². The van der Waals surface area contributed by atoms with Crippen molar-refractivity contribution in [3.63, 3.8) is 0 Å². The van der Waals surface area contributed by atoms with Crippen LogP contribution in [0.25, 0.3) is 5.65 Å². The first-order chi connectivity index (χ1) is 10.1. The molecule has 0 spiro atoms. The monoisotopic (exact) mass is 408 g/mol. The first-order valence-corrected chi connectivity index (χ1v) is 7.77. The summed E-state index contributed by atoms with van der Waals surface area (Å²) < 4.78 is 8.95. The molecule has 0 amide bonds. The highest BCUT2D eigenvalue weighted by atomic mass is 79.9. The molecule has 3 rings (SSSR count). The lowest BCUT2D eigenvalue weighted by Gasteiger charge is -2.07. The van der Waals surface area contributed by atoms with Gasteiger partial charge in [-0.15, -0.1) is 0 Å². The molecule has 0 N–H and O–H groups in total. The summed E-state index contributed by atoms with van der Waals surface area (Å²) in [5, 5.41) is 0. The summed E-state index contributed by atoms with van der Waals surface area (Å²) >= 11 is 6.70. The highest BCUT2D eigenvalue weighted by Gasteiger charge is 2.04. The van der Waals surface area contributed by atoms with E-state index in [9.17, 15) is 4.79 Å². The van der Waals surface area contributed by atoms with Crippen LogP contribution in [0.1, 0.15) is 5.69 Å². The number of hydrogen-bond acceptors (Lipinski definition) is 3. The van der Waals surface area contributed by atoms with Gasteiger partial charge in [0.1, 0.15) is 18.0 Å². The molecule has 2 heterocycles. The van der Waals surface area contributed by atoms with Crippen molar-refractivity contribution in [2.45, 2.75) is 6.61 Å². The van der Waals surface area contributed by atoms with E-state index in [1.807, 2.05) is 30.3 Å². The summed E-state index contributed by atoms with van der Waals surface area (Å²) in [5.41, 5.74) is 1.07. The van der Waals surface area contributed by atoms with Gasteiger partial charge in [0.05, 0.1) is 5.69 Å². The Balaban J connectivity index is 1.86. The number of fused-ring (bicyclic) bond motifs is 1. The topological polar surface area (TPSA) is 43.6 Å². The predicted octanol–water partition coefficient (Wildman–Crippen LogP) is 3.80. The quantitative estimate of drug-likeness (QED) is 0.660. The molecule has 2 aromatic heterocycles. The predicted molar refractivity (Wildman–Crippen MR) is 87.6 cm³/mol. The van der Waals surface area contributed by atoms with Crippen molar-refractivity contribution in [3.8, 4) is 5.75 Å². The largest absolute Gasteiger partial charge is 0.487 e. The second kappa shape index (κ2) is 5.99. The lowest BCUT2D eigenvalue weighted by atomic mass is 10.3. The molecule has 0 unspecified atom stereocenters. The molecule has 106 valence electrons. The Bertz CT molecular complexity index is 844. The van der Waals surface area contributed by atoms with Crippen LogP contribution >= 0.6 is 31.9 Å². The van der Waals surface area contributed by atoms with Crippen molar-refractivity contribution in [1.29, 1.82) is 0 Å². The lowest BCUT2D eigenvalue weighted by Crippen LogP contribution is -2.16. The van der Waals surface area contributed by atoms with Crippen LogP contribution < -0.4 is 10.3 Å². The van der Waals surface area contributed by atoms with E-state index in [4.69, 9.17) is 4.74 Å². The molecule has 0 bridgehead atoms. The Morgan fingerprint density at radius 3 is 2.52 bits per heavy atom. The average molecular weight is 410 g/mol. The second-order valence-corrected chi connectivity index (χ2v) is 6.24. The van der Waals surface area contributed by atoms with Gasteiger partial charge in [0.15, 0.2) is 0 Å². The SMILES string of the molecule is O=c1cc(COc2ccc(Br)cc2)nc2ccc(Br)cn12. The standard InChI is InChI=1S/C15H10Br2N2O2/c16-10-1-4-13(5-2-10)21-9-12-7-15(20)19-8-11(17)3-6-14(19)18-12/h1-8H,9H2. The zero-order chi connectivity index (χ0) is 14.8. The molecule has 0 radical (unpaired) electrons. The molecule has 4 nitrogen and oxygen atoms in total. The molecule has 0 aliphatic rings. The first kappa shape index (κ1) is 14.3. The maximum atomic E-state index is 12.0. The Morgan fingerprint density at radius 1 is 1.05 bits per heavy atom. The van der Waals surface area contributed by atoms with Gasteiger partial charge in [-0.05, 0) is 52.3 Å². The van der Waals surface area contributed by atoms with Crippen molar-refractivity contribution >= 4 is 37.5 Å². The van der Waals surface area contributed by atoms with E-state index < -0.39 is 0 Å². The molecule has 3 aromatic rings. The number of benzene rings is 1. The third kappa shape index (κ3) is 3.33. The second-order valence-electron chi connectivity index (χ2n) is 4.40. The molecule has 0 saturated heterocycles. The molecular formula is C15H10Br2N2O2. The Morgan fingerprint density at radius 2 is 1.76 bits per heavy atom. The summed E-state index contributed by atoms with van der Waals surface area (Å²) in [4.78, 5) is 16.5. The number of halogens is 2. The van der Waals surface area contributed by atoms with E-state index in [0.29, 0.717) is 11.3 Å².